The number of esters is 2. The minimum Gasteiger partial charge on any atom is -0.462 e. The fourth-order valence-corrected chi connectivity index (χ4v) is 1.01. The van der Waals surface area contributed by atoms with Crippen molar-refractivity contribution in [2.75, 3.05) is 13.2 Å². The van der Waals surface area contributed by atoms with Gasteiger partial charge in [0.1, 0.15) is 0 Å². The number of rotatable bonds is 9. The molecule has 0 aromatic rings. The normalized spacial score (nSPS) is 11.7. The van der Waals surface area contributed by atoms with E-state index < -0.39 is 12.3 Å². The second kappa shape index (κ2) is 9.65. The predicted molar refractivity (Wildman–Crippen MR) is 66.8 cm³/mol. The van der Waals surface area contributed by atoms with Gasteiger partial charge in [0.05, 0.1) is 18.8 Å². The molecule has 0 spiro atoms. The quantitative estimate of drug-likeness (QED) is 0.360. The van der Waals surface area contributed by atoms with Gasteiger partial charge in [-0.2, -0.15) is 0 Å². The Morgan fingerprint density at radius 2 is 1.89 bits per heavy atom. The van der Waals surface area contributed by atoms with E-state index in [1.165, 1.54) is 0 Å². The van der Waals surface area contributed by atoms with Crippen molar-refractivity contribution >= 4 is 11.9 Å². The molecule has 5 nitrogen and oxygen atoms in total. The average molecular weight is 258 g/mol. The SMILES string of the molecule is C=C(COC(CC)OC(=O)CC)C(=O)OCCC. The molecule has 0 bridgehead atoms. The van der Waals surface area contributed by atoms with Gasteiger partial charge >= 0.3 is 11.9 Å². The number of hydrogen-bond acceptors (Lipinski definition) is 5. The molecule has 1 unspecified atom stereocenters. The van der Waals surface area contributed by atoms with Crippen LogP contribution in [0.5, 0.6) is 0 Å². The molecule has 0 fully saturated rings. The van der Waals surface area contributed by atoms with Gasteiger partial charge in [-0.3, -0.25) is 4.79 Å². The van der Waals surface area contributed by atoms with Crippen LogP contribution in [0.2, 0.25) is 0 Å². The Labute approximate surface area is 108 Å². The van der Waals surface area contributed by atoms with Crippen molar-refractivity contribution in [2.45, 2.75) is 46.3 Å². The van der Waals surface area contributed by atoms with Crippen LogP contribution in [0.25, 0.3) is 0 Å². The molecule has 0 aliphatic heterocycles. The lowest BCUT2D eigenvalue weighted by molar-refractivity contribution is -0.177. The van der Waals surface area contributed by atoms with Crippen molar-refractivity contribution in [3.8, 4) is 0 Å². The maximum Gasteiger partial charge on any atom is 0.335 e. The second-order valence-electron chi connectivity index (χ2n) is 3.73. The standard InChI is InChI=1S/C13H22O5/c1-5-8-16-13(15)10(4)9-17-12(7-3)18-11(14)6-2/h12H,4-9H2,1-3H3. The van der Waals surface area contributed by atoms with Gasteiger partial charge in [0, 0.05) is 12.8 Å². The maximum atomic E-state index is 11.4. The number of hydrogen-bond donors (Lipinski definition) is 0. The highest BCUT2D eigenvalue weighted by atomic mass is 16.7. The van der Waals surface area contributed by atoms with Crippen molar-refractivity contribution in [3.05, 3.63) is 12.2 Å². The van der Waals surface area contributed by atoms with Crippen LogP contribution in [-0.4, -0.2) is 31.4 Å². The highest BCUT2D eigenvalue weighted by molar-refractivity contribution is 5.87. The van der Waals surface area contributed by atoms with E-state index in [2.05, 4.69) is 6.58 Å². The van der Waals surface area contributed by atoms with Crippen LogP contribution >= 0.6 is 0 Å². The minimum atomic E-state index is -0.645. The Bertz CT molecular complexity index is 285. The molecule has 0 saturated carbocycles. The molecule has 0 amide bonds. The summed E-state index contributed by atoms with van der Waals surface area (Å²) in [6.07, 6.45) is 0.918. The molecule has 0 radical (unpaired) electrons. The first-order valence-corrected chi connectivity index (χ1v) is 6.21. The van der Waals surface area contributed by atoms with Gasteiger partial charge in [0.15, 0.2) is 0 Å². The summed E-state index contributed by atoms with van der Waals surface area (Å²) in [5, 5.41) is 0. The first-order chi connectivity index (χ1) is 8.54. The van der Waals surface area contributed by atoms with Crippen LogP contribution in [0.15, 0.2) is 12.2 Å². The van der Waals surface area contributed by atoms with Crippen molar-refractivity contribution in [1.29, 1.82) is 0 Å². The topological polar surface area (TPSA) is 61.8 Å². The van der Waals surface area contributed by atoms with Crippen molar-refractivity contribution in [2.24, 2.45) is 0 Å². The summed E-state index contributed by atoms with van der Waals surface area (Å²) in [6, 6.07) is 0. The van der Waals surface area contributed by atoms with Crippen LogP contribution in [-0.2, 0) is 23.8 Å². The summed E-state index contributed by atoms with van der Waals surface area (Å²) < 4.78 is 15.2. The lowest BCUT2D eigenvalue weighted by atomic mass is 10.3. The largest absolute Gasteiger partial charge is 0.462 e. The molecule has 0 aromatic carbocycles. The van der Waals surface area contributed by atoms with Crippen LogP contribution in [0, 0.1) is 0 Å². The molecule has 104 valence electrons. The third-order valence-corrected chi connectivity index (χ3v) is 2.05. The lowest BCUT2D eigenvalue weighted by Crippen LogP contribution is -2.23. The molecule has 0 aliphatic rings. The Kier molecular flexibility index (Phi) is 8.92. The van der Waals surface area contributed by atoms with E-state index in [0.717, 1.165) is 6.42 Å². The fourth-order valence-electron chi connectivity index (χ4n) is 1.01. The molecule has 18 heavy (non-hydrogen) atoms. The smallest absolute Gasteiger partial charge is 0.335 e. The van der Waals surface area contributed by atoms with E-state index in [9.17, 15) is 9.59 Å². The molecular weight excluding hydrogens is 236 g/mol. The summed E-state index contributed by atoms with van der Waals surface area (Å²) in [6.45, 7) is 9.37. The summed E-state index contributed by atoms with van der Waals surface area (Å²) in [4.78, 5) is 22.5. The van der Waals surface area contributed by atoms with Gasteiger partial charge < -0.3 is 14.2 Å². The average Bonchev–Trinajstić information content (AvgIpc) is 2.39. The Balaban J connectivity index is 4.00. The van der Waals surface area contributed by atoms with Crippen LogP contribution in [0.4, 0.5) is 0 Å². The molecule has 0 rings (SSSR count). The zero-order valence-corrected chi connectivity index (χ0v) is 11.4. The Morgan fingerprint density at radius 3 is 2.39 bits per heavy atom. The monoisotopic (exact) mass is 258 g/mol. The molecule has 0 heterocycles. The minimum absolute atomic E-state index is 0.00194. The second-order valence-corrected chi connectivity index (χ2v) is 3.73. The highest BCUT2D eigenvalue weighted by Gasteiger charge is 2.14. The van der Waals surface area contributed by atoms with Gasteiger partial charge in [0.2, 0.25) is 6.29 Å². The molecule has 5 heteroatoms. The van der Waals surface area contributed by atoms with Crippen molar-refractivity contribution in [3.63, 3.8) is 0 Å². The first-order valence-electron chi connectivity index (χ1n) is 6.21. The first kappa shape index (κ1) is 16.6. The summed E-state index contributed by atoms with van der Waals surface area (Å²) in [7, 11) is 0. The Hall–Kier alpha value is -1.36. The van der Waals surface area contributed by atoms with E-state index in [-0.39, 0.29) is 18.1 Å². The molecule has 0 saturated heterocycles. The van der Waals surface area contributed by atoms with Gasteiger partial charge in [-0.1, -0.05) is 27.4 Å². The number of carbonyl (C=O) groups excluding carboxylic acids is 2. The maximum absolute atomic E-state index is 11.4. The van der Waals surface area contributed by atoms with Crippen LogP contribution in [0.1, 0.15) is 40.0 Å². The number of ether oxygens (including phenoxy) is 3. The van der Waals surface area contributed by atoms with E-state index in [4.69, 9.17) is 14.2 Å². The molecule has 1 atom stereocenters. The fraction of sp³-hybridized carbons (Fsp3) is 0.692. The summed E-state index contributed by atoms with van der Waals surface area (Å²) >= 11 is 0. The third kappa shape index (κ3) is 7.06. The zero-order chi connectivity index (χ0) is 14.0. The Morgan fingerprint density at radius 1 is 1.22 bits per heavy atom. The lowest BCUT2D eigenvalue weighted by Gasteiger charge is -2.16. The van der Waals surface area contributed by atoms with Crippen LogP contribution in [0.3, 0.4) is 0 Å². The molecule has 0 N–H and O–H groups in total. The van der Waals surface area contributed by atoms with Crippen molar-refractivity contribution in [1.82, 2.24) is 0 Å². The van der Waals surface area contributed by atoms with E-state index in [1.54, 1.807) is 6.92 Å². The predicted octanol–water partition coefficient (Wildman–Crippen LogP) is 2.20. The zero-order valence-electron chi connectivity index (χ0n) is 11.4. The molecular formula is C13H22O5. The molecule has 0 aromatic heterocycles. The molecule has 0 aliphatic carbocycles. The van der Waals surface area contributed by atoms with E-state index >= 15 is 0 Å². The van der Waals surface area contributed by atoms with Gasteiger partial charge in [-0.25, -0.2) is 4.79 Å². The third-order valence-electron chi connectivity index (χ3n) is 2.05. The number of carbonyl (C=O) groups is 2. The van der Waals surface area contributed by atoms with E-state index in [1.807, 2.05) is 13.8 Å². The summed E-state index contributed by atoms with van der Waals surface area (Å²) in [5.74, 6) is -0.811. The van der Waals surface area contributed by atoms with Crippen LogP contribution < -0.4 is 0 Å². The summed E-state index contributed by atoms with van der Waals surface area (Å²) in [5.41, 5.74) is 0.217. The van der Waals surface area contributed by atoms with Crippen molar-refractivity contribution < 1.29 is 23.8 Å². The van der Waals surface area contributed by atoms with Gasteiger partial charge in [-0.05, 0) is 6.42 Å². The van der Waals surface area contributed by atoms with Gasteiger partial charge in [-0.15, -0.1) is 0 Å². The highest BCUT2D eigenvalue weighted by Crippen LogP contribution is 2.06. The van der Waals surface area contributed by atoms with E-state index in [0.29, 0.717) is 19.4 Å². The van der Waals surface area contributed by atoms with Gasteiger partial charge in [0.25, 0.3) is 0 Å².